The number of Topliss-reactive ketones (excluding diaryl/α,β-unsaturated/α-hetero) is 1. The average Bonchev–Trinajstić information content (AvgIpc) is 3.06. The highest BCUT2D eigenvalue weighted by Gasteiger charge is 2.24. The Morgan fingerprint density at radius 2 is 1.38 bits per heavy atom. The number of carbonyl (C=O) groups excluding carboxylic acids is 3. The third-order valence-electron chi connectivity index (χ3n) is 8.47. The van der Waals surface area contributed by atoms with Gasteiger partial charge < -0.3 is 29.7 Å². The van der Waals surface area contributed by atoms with Crippen LogP contribution in [0.1, 0.15) is 27.9 Å². The molecule has 3 amide bonds. The number of halogens is 2. The largest absolute Gasteiger partial charge is 0.497 e. The number of rotatable bonds is 9. The molecule has 0 atom stereocenters. The van der Waals surface area contributed by atoms with Gasteiger partial charge in [0.2, 0.25) is 5.91 Å². The SMILES string of the molecule is COc1ccc(CCC(=O)c2ccc(N3CCN(C(=O)Nc4c(Cl)cc(CC(=O)N5CCN(C)CC5)cc4Cl)CC3)cc2)cc1. The van der Waals surface area contributed by atoms with E-state index in [0.717, 1.165) is 30.1 Å². The lowest BCUT2D eigenvalue weighted by Crippen LogP contribution is -2.50. The summed E-state index contributed by atoms with van der Waals surface area (Å²) in [5.74, 6) is 0.939. The highest BCUT2D eigenvalue weighted by Crippen LogP contribution is 2.33. The molecule has 2 aliphatic rings. The van der Waals surface area contributed by atoms with E-state index >= 15 is 0 Å². The second-order valence-electron chi connectivity index (χ2n) is 11.5. The predicted octanol–water partition coefficient (Wildman–Crippen LogP) is 5.49. The first-order chi connectivity index (χ1) is 21.7. The highest BCUT2D eigenvalue weighted by atomic mass is 35.5. The molecule has 0 bridgehead atoms. The summed E-state index contributed by atoms with van der Waals surface area (Å²) in [6.45, 7) is 5.44. The van der Waals surface area contributed by atoms with Crippen molar-refractivity contribution in [2.24, 2.45) is 0 Å². The van der Waals surface area contributed by atoms with Crippen molar-refractivity contribution in [1.82, 2.24) is 14.7 Å². The number of amides is 3. The molecule has 0 radical (unpaired) electrons. The number of urea groups is 1. The van der Waals surface area contributed by atoms with Gasteiger partial charge >= 0.3 is 6.03 Å². The third-order valence-corrected chi connectivity index (χ3v) is 9.06. The van der Waals surface area contributed by atoms with Crippen LogP contribution in [-0.2, 0) is 17.6 Å². The molecular formula is C34H39Cl2N5O4. The minimum Gasteiger partial charge on any atom is -0.497 e. The zero-order chi connectivity index (χ0) is 31.9. The number of hydrogen-bond donors (Lipinski definition) is 1. The molecule has 45 heavy (non-hydrogen) atoms. The first kappa shape index (κ1) is 32.6. The summed E-state index contributed by atoms with van der Waals surface area (Å²) in [5, 5.41) is 3.46. The minimum atomic E-state index is -0.280. The van der Waals surface area contributed by atoms with Gasteiger partial charge in [-0.2, -0.15) is 0 Å². The zero-order valence-corrected chi connectivity index (χ0v) is 27.2. The van der Waals surface area contributed by atoms with E-state index in [0.29, 0.717) is 79.0 Å². The molecule has 11 heteroatoms. The molecule has 0 aliphatic carbocycles. The van der Waals surface area contributed by atoms with Crippen LogP contribution in [0.15, 0.2) is 60.7 Å². The summed E-state index contributed by atoms with van der Waals surface area (Å²) in [6.07, 6.45) is 1.31. The number of nitrogens with one attached hydrogen (secondary N) is 1. The van der Waals surface area contributed by atoms with Crippen LogP contribution < -0.4 is 15.0 Å². The lowest BCUT2D eigenvalue weighted by atomic mass is 10.0. The molecule has 2 heterocycles. The third kappa shape index (κ3) is 8.48. The maximum Gasteiger partial charge on any atom is 0.322 e. The molecule has 238 valence electrons. The van der Waals surface area contributed by atoms with Gasteiger partial charge in [-0.1, -0.05) is 35.3 Å². The van der Waals surface area contributed by atoms with Gasteiger partial charge in [0.25, 0.3) is 0 Å². The van der Waals surface area contributed by atoms with Crippen LogP contribution in [0.25, 0.3) is 0 Å². The second kappa shape index (κ2) is 15.0. The first-order valence-electron chi connectivity index (χ1n) is 15.2. The Morgan fingerprint density at radius 3 is 1.98 bits per heavy atom. The molecule has 9 nitrogen and oxygen atoms in total. The molecule has 0 unspecified atom stereocenters. The molecule has 0 aromatic heterocycles. The topological polar surface area (TPSA) is 85.4 Å². The van der Waals surface area contributed by atoms with Crippen LogP contribution in [0.5, 0.6) is 5.75 Å². The summed E-state index contributed by atoms with van der Waals surface area (Å²) < 4.78 is 5.19. The maximum atomic E-state index is 13.1. The number of likely N-dealkylation sites (N-methyl/N-ethyl adjacent to an activating group) is 1. The Balaban J connectivity index is 1.09. The van der Waals surface area contributed by atoms with Crippen LogP contribution in [0.3, 0.4) is 0 Å². The van der Waals surface area contributed by atoms with Crippen LogP contribution in [0.2, 0.25) is 10.0 Å². The van der Waals surface area contributed by atoms with Crippen molar-refractivity contribution >= 4 is 52.3 Å². The van der Waals surface area contributed by atoms with E-state index < -0.39 is 0 Å². The van der Waals surface area contributed by atoms with E-state index in [4.69, 9.17) is 27.9 Å². The summed E-state index contributed by atoms with van der Waals surface area (Å²) in [5.41, 5.74) is 3.85. The summed E-state index contributed by atoms with van der Waals surface area (Å²) in [4.78, 5) is 46.6. The maximum absolute atomic E-state index is 13.1. The van der Waals surface area contributed by atoms with Crippen molar-refractivity contribution in [2.75, 3.05) is 76.7 Å². The average molecular weight is 653 g/mol. The standard InChI is InChI=1S/C34H39Cl2N5O4/c1-38-13-15-40(16-14-38)32(43)23-25-21-29(35)33(30(36)22-25)37-34(44)41-19-17-39(18-20-41)27-8-6-26(7-9-27)31(42)12-5-24-3-10-28(45-2)11-4-24/h3-4,6-11,21-22H,5,12-20,23H2,1-2H3,(H,37,44). The van der Waals surface area contributed by atoms with E-state index in [-0.39, 0.29) is 24.1 Å². The van der Waals surface area contributed by atoms with Gasteiger partial charge in [-0.05, 0) is 73.1 Å². The van der Waals surface area contributed by atoms with Gasteiger partial charge in [0.15, 0.2) is 5.78 Å². The van der Waals surface area contributed by atoms with E-state index in [1.807, 2.05) is 60.5 Å². The van der Waals surface area contributed by atoms with E-state index in [2.05, 4.69) is 15.1 Å². The summed E-state index contributed by atoms with van der Waals surface area (Å²) >= 11 is 13.0. The monoisotopic (exact) mass is 651 g/mol. The molecule has 2 saturated heterocycles. The predicted molar refractivity (Wildman–Crippen MR) is 179 cm³/mol. The van der Waals surface area contributed by atoms with Gasteiger partial charge in [-0.3, -0.25) is 9.59 Å². The van der Waals surface area contributed by atoms with Gasteiger partial charge in [0.1, 0.15) is 5.75 Å². The van der Waals surface area contributed by atoms with E-state index in [1.54, 1.807) is 24.1 Å². The molecule has 2 fully saturated rings. The van der Waals surface area contributed by atoms with Crippen molar-refractivity contribution in [1.29, 1.82) is 0 Å². The number of nitrogens with zero attached hydrogens (tertiary/aromatic N) is 4. The molecule has 3 aromatic carbocycles. The normalized spacial score (nSPS) is 15.6. The quantitative estimate of drug-likeness (QED) is 0.308. The Morgan fingerprint density at radius 1 is 0.778 bits per heavy atom. The molecule has 0 saturated carbocycles. The van der Waals surface area contributed by atoms with E-state index in [9.17, 15) is 14.4 Å². The van der Waals surface area contributed by atoms with Gasteiger partial charge in [0, 0.05) is 70.0 Å². The number of benzene rings is 3. The molecule has 3 aromatic rings. The smallest absolute Gasteiger partial charge is 0.322 e. The number of anilines is 2. The molecule has 5 rings (SSSR count). The fraction of sp³-hybridized carbons (Fsp3) is 0.382. The number of carbonyl (C=O) groups is 3. The van der Waals surface area contributed by atoms with E-state index in [1.165, 1.54) is 0 Å². The molecule has 2 aliphatic heterocycles. The summed E-state index contributed by atoms with van der Waals surface area (Å²) in [6, 6.07) is 18.6. The first-order valence-corrected chi connectivity index (χ1v) is 16.0. The van der Waals surface area contributed by atoms with Gasteiger partial charge in [-0.25, -0.2) is 4.79 Å². The highest BCUT2D eigenvalue weighted by molar-refractivity contribution is 6.39. The second-order valence-corrected chi connectivity index (χ2v) is 12.3. The van der Waals surface area contributed by atoms with Crippen LogP contribution >= 0.6 is 23.2 Å². The lowest BCUT2D eigenvalue weighted by Gasteiger charge is -2.36. The van der Waals surface area contributed by atoms with Gasteiger partial charge in [0.05, 0.1) is 29.3 Å². The Labute approximate surface area is 274 Å². The van der Waals surface area contributed by atoms with Crippen LogP contribution in [0, 0.1) is 0 Å². The van der Waals surface area contributed by atoms with Gasteiger partial charge in [-0.15, -0.1) is 0 Å². The Bertz CT molecular complexity index is 1480. The zero-order valence-electron chi connectivity index (χ0n) is 25.7. The van der Waals surface area contributed by atoms with Crippen molar-refractivity contribution in [2.45, 2.75) is 19.3 Å². The number of piperazine rings is 2. The molecule has 1 N–H and O–H groups in total. The van der Waals surface area contributed by atoms with Crippen molar-refractivity contribution in [3.8, 4) is 5.75 Å². The number of methoxy groups -OCH3 is 1. The number of aryl methyl sites for hydroxylation is 1. The fourth-order valence-electron chi connectivity index (χ4n) is 5.60. The van der Waals surface area contributed by atoms with Crippen molar-refractivity contribution in [3.63, 3.8) is 0 Å². The minimum absolute atomic E-state index is 0.0378. The number of ether oxygens (including phenoxy) is 1. The van der Waals surface area contributed by atoms with Crippen molar-refractivity contribution in [3.05, 3.63) is 87.4 Å². The molecule has 0 spiro atoms. The molecular weight excluding hydrogens is 613 g/mol. The van der Waals surface area contributed by atoms with Crippen molar-refractivity contribution < 1.29 is 19.1 Å². The Kier molecular flexibility index (Phi) is 10.9. The number of hydrogen-bond acceptors (Lipinski definition) is 6. The van der Waals surface area contributed by atoms with Crippen LogP contribution in [0.4, 0.5) is 16.2 Å². The Hall–Kier alpha value is -3.79. The van der Waals surface area contributed by atoms with Crippen LogP contribution in [-0.4, -0.2) is 98.9 Å². The fourth-order valence-corrected chi connectivity index (χ4v) is 6.22. The summed E-state index contributed by atoms with van der Waals surface area (Å²) in [7, 11) is 3.68. The lowest BCUT2D eigenvalue weighted by molar-refractivity contribution is -0.132. The number of ketones is 1.